The van der Waals surface area contributed by atoms with Gasteiger partial charge in [-0.1, -0.05) is 29.8 Å². The Kier molecular flexibility index (Phi) is 8.85. The van der Waals surface area contributed by atoms with Crippen LogP contribution in [-0.4, -0.2) is 84.6 Å². The molecule has 47 heavy (non-hydrogen) atoms. The third-order valence-electron chi connectivity index (χ3n) is 7.81. The van der Waals surface area contributed by atoms with Gasteiger partial charge in [0.25, 0.3) is 0 Å². The number of hydrogen-bond acceptors (Lipinski definition) is 10. The Labute approximate surface area is 280 Å². The lowest BCUT2D eigenvalue weighted by atomic mass is 10.0. The van der Waals surface area contributed by atoms with Crippen LogP contribution in [-0.2, 0) is 14.8 Å². The van der Waals surface area contributed by atoms with Crippen molar-refractivity contribution in [3.05, 3.63) is 71.6 Å². The van der Waals surface area contributed by atoms with Crippen molar-refractivity contribution in [1.29, 1.82) is 0 Å². The van der Waals surface area contributed by atoms with Gasteiger partial charge in [0.1, 0.15) is 17.1 Å². The van der Waals surface area contributed by atoms with Crippen molar-refractivity contribution in [2.24, 2.45) is 0 Å². The first kappa shape index (κ1) is 32.3. The van der Waals surface area contributed by atoms with Crippen molar-refractivity contribution in [2.75, 3.05) is 62.2 Å². The van der Waals surface area contributed by atoms with Gasteiger partial charge in [0.05, 0.1) is 41.9 Å². The smallest absolute Gasteiger partial charge is 0.247 e. The van der Waals surface area contributed by atoms with Crippen molar-refractivity contribution in [2.45, 2.75) is 0 Å². The Bertz CT molecular complexity index is 2120. The van der Waals surface area contributed by atoms with Crippen molar-refractivity contribution >= 4 is 78.8 Å². The van der Waals surface area contributed by atoms with Gasteiger partial charge in [-0.3, -0.25) is 9.20 Å². The van der Waals surface area contributed by atoms with Gasteiger partial charge in [0.15, 0.2) is 5.65 Å². The Morgan fingerprint density at radius 1 is 0.979 bits per heavy atom. The molecule has 0 radical (unpaired) electrons. The molecular weight excluding hydrogens is 667 g/mol. The highest BCUT2D eigenvalue weighted by molar-refractivity contribution is 7.88. The number of carbonyl (C=O) groups is 1. The van der Waals surface area contributed by atoms with E-state index in [-0.39, 0.29) is 5.95 Å². The van der Waals surface area contributed by atoms with Gasteiger partial charge in [-0.15, -0.1) is 0 Å². The van der Waals surface area contributed by atoms with Crippen molar-refractivity contribution in [1.82, 2.24) is 23.7 Å². The van der Waals surface area contributed by atoms with Crippen LogP contribution >= 0.6 is 23.2 Å². The van der Waals surface area contributed by atoms with Gasteiger partial charge in [-0.05, 0) is 30.3 Å². The number of nitrogens with one attached hydrogen (secondary N) is 2. The second kappa shape index (κ2) is 12.9. The summed E-state index contributed by atoms with van der Waals surface area (Å²) < 4.78 is 38.1. The predicted molar refractivity (Wildman–Crippen MR) is 184 cm³/mol. The van der Waals surface area contributed by atoms with Gasteiger partial charge in [0, 0.05) is 73.0 Å². The molecule has 3 aromatic heterocycles. The van der Waals surface area contributed by atoms with Crippen molar-refractivity contribution in [3.8, 4) is 22.6 Å². The number of imidazole rings is 1. The zero-order valence-corrected chi connectivity index (χ0v) is 27.9. The molecule has 1 saturated heterocycles. The fourth-order valence-electron chi connectivity index (χ4n) is 5.46. The normalized spacial score (nSPS) is 13.9. The van der Waals surface area contributed by atoms with Gasteiger partial charge in [-0.2, -0.15) is 9.29 Å². The van der Waals surface area contributed by atoms with E-state index in [1.807, 2.05) is 18.2 Å². The number of fused-ring (bicyclic) bond motifs is 3. The highest BCUT2D eigenvalue weighted by atomic mass is 35.5. The minimum Gasteiger partial charge on any atom is -0.495 e. The lowest BCUT2D eigenvalue weighted by Gasteiger charge is -2.35. The van der Waals surface area contributed by atoms with Gasteiger partial charge < -0.3 is 25.0 Å². The first-order valence-corrected chi connectivity index (χ1v) is 16.9. The lowest BCUT2D eigenvalue weighted by molar-refractivity contribution is -0.111. The van der Waals surface area contributed by atoms with E-state index in [9.17, 15) is 13.2 Å². The molecule has 1 aliphatic heterocycles. The molecule has 13 nitrogen and oxygen atoms in total. The third kappa shape index (κ3) is 6.24. The number of aromatic nitrogens is 4. The molecule has 0 atom stereocenters. The third-order valence-corrected chi connectivity index (χ3v) is 9.87. The van der Waals surface area contributed by atoms with Crippen LogP contribution in [0.2, 0.25) is 10.0 Å². The Morgan fingerprint density at radius 2 is 1.68 bits per heavy atom. The highest BCUT2D eigenvalue weighted by Crippen LogP contribution is 2.47. The summed E-state index contributed by atoms with van der Waals surface area (Å²) in [5, 5.41) is 7.34. The Hall–Kier alpha value is -4.63. The number of hydrogen-bond donors (Lipinski definition) is 2. The molecule has 0 bridgehead atoms. The van der Waals surface area contributed by atoms with Crippen molar-refractivity contribution in [3.63, 3.8) is 0 Å². The number of sulfonamides is 1. The van der Waals surface area contributed by atoms with Crippen LogP contribution in [0.25, 0.3) is 27.8 Å². The molecule has 1 fully saturated rings. The summed E-state index contributed by atoms with van der Waals surface area (Å²) in [6, 6.07) is 8.98. The van der Waals surface area contributed by atoms with E-state index >= 15 is 0 Å². The van der Waals surface area contributed by atoms with Crippen LogP contribution in [0.5, 0.6) is 11.5 Å². The molecule has 0 unspecified atom stereocenters. The molecule has 0 saturated carbocycles. The molecule has 1 aliphatic rings. The summed E-state index contributed by atoms with van der Waals surface area (Å²) in [6.07, 6.45) is 7.46. The van der Waals surface area contributed by atoms with E-state index in [0.717, 1.165) is 5.69 Å². The number of halogens is 2. The average Bonchev–Trinajstić information content (AvgIpc) is 3.56. The summed E-state index contributed by atoms with van der Waals surface area (Å²) in [4.78, 5) is 28.3. The lowest BCUT2D eigenvalue weighted by Crippen LogP contribution is -2.48. The number of benzene rings is 2. The van der Waals surface area contributed by atoms with Crippen LogP contribution in [0.1, 0.15) is 0 Å². The number of pyridine rings is 1. The molecule has 2 aromatic carbocycles. The maximum Gasteiger partial charge on any atom is 0.247 e. The molecule has 244 valence electrons. The Morgan fingerprint density at radius 3 is 2.32 bits per heavy atom. The fourth-order valence-corrected chi connectivity index (χ4v) is 6.99. The molecule has 16 heteroatoms. The number of ether oxygens (including phenoxy) is 2. The summed E-state index contributed by atoms with van der Waals surface area (Å²) >= 11 is 13.5. The molecule has 6 rings (SSSR count). The zero-order valence-electron chi connectivity index (χ0n) is 25.6. The first-order chi connectivity index (χ1) is 22.5. The molecule has 2 N–H and O–H groups in total. The second-order valence-electron chi connectivity index (χ2n) is 10.6. The number of piperazine rings is 1. The van der Waals surface area contributed by atoms with Crippen LogP contribution in [0.4, 0.5) is 23.0 Å². The monoisotopic (exact) mass is 696 g/mol. The zero-order chi connectivity index (χ0) is 33.5. The van der Waals surface area contributed by atoms with Crippen molar-refractivity contribution < 1.29 is 22.7 Å². The number of amides is 1. The van der Waals surface area contributed by atoms with Crippen LogP contribution in [0, 0.1) is 0 Å². The Balaban J connectivity index is 1.37. The maximum atomic E-state index is 12.4. The number of anilines is 4. The second-order valence-corrected chi connectivity index (χ2v) is 13.4. The molecular formula is C31H30Cl2N8O5S. The first-order valence-electron chi connectivity index (χ1n) is 14.3. The maximum absolute atomic E-state index is 12.4. The number of methoxy groups -OCH3 is 2. The summed E-state index contributed by atoms with van der Waals surface area (Å²) in [6.45, 7) is 5.31. The van der Waals surface area contributed by atoms with Gasteiger partial charge in [0.2, 0.25) is 21.9 Å². The topological polar surface area (TPSA) is 143 Å². The highest BCUT2D eigenvalue weighted by Gasteiger charge is 2.25. The van der Waals surface area contributed by atoms with Crippen LogP contribution in [0.15, 0.2) is 61.6 Å². The molecule has 5 aromatic rings. The number of carbonyl (C=O) groups excluding carboxylic acids is 1. The number of nitrogens with zero attached hydrogens (tertiary/aromatic N) is 6. The van der Waals surface area contributed by atoms with Crippen LogP contribution in [0.3, 0.4) is 0 Å². The minimum atomic E-state index is -3.27. The average molecular weight is 698 g/mol. The molecule has 0 spiro atoms. The SMILES string of the molecule is C=CC(=O)Nc1cc(N2CCN(S(C)(=O)=O)CC2)ccc1Nc1ncc2cc(-c3c(Cl)c(OC)cc(OC)c3Cl)c3nccn3c2n1. The summed E-state index contributed by atoms with van der Waals surface area (Å²) in [5.74, 6) is 0.656. The number of rotatable bonds is 9. The standard InChI is InChI=1S/C31H30Cl2N8O5S/c1-5-25(42)36-22-15-19(39-10-12-40(13-11-39)47(4,43)44)6-7-21(22)37-31-35-17-18-14-20(30-34-8-9-41(30)29(18)38-31)26-27(32)23(45-2)16-24(46-3)28(26)33/h5-9,14-17H,1,10-13H2,2-4H3,(H,36,42)(H,35,37,38). The van der Waals surface area contributed by atoms with E-state index in [2.05, 4.69) is 32.1 Å². The molecule has 0 aliphatic carbocycles. The van der Waals surface area contributed by atoms with E-state index in [0.29, 0.717) is 86.9 Å². The molecule has 1 amide bonds. The fraction of sp³-hybridized carbons (Fsp3) is 0.226. The van der Waals surface area contributed by atoms with Gasteiger partial charge >= 0.3 is 0 Å². The largest absolute Gasteiger partial charge is 0.495 e. The predicted octanol–water partition coefficient (Wildman–Crippen LogP) is 5.22. The van der Waals surface area contributed by atoms with E-state index in [1.165, 1.54) is 30.9 Å². The summed E-state index contributed by atoms with van der Waals surface area (Å²) in [5.41, 5.74) is 4.05. The summed E-state index contributed by atoms with van der Waals surface area (Å²) in [7, 11) is -0.245. The van der Waals surface area contributed by atoms with Crippen LogP contribution < -0.4 is 25.0 Å². The van der Waals surface area contributed by atoms with E-state index < -0.39 is 15.9 Å². The quantitative estimate of drug-likeness (QED) is 0.197. The minimum absolute atomic E-state index is 0.267. The van der Waals surface area contributed by atoms with Gasteiger partial charge in [-0.25, -0.2) is 18.4 Å². The van der Waals surface area contributed by atoms with E-state index in [4.69, 9.17) is 37.7 Å². The molecule has 4 heterocycles. The van der Waals surface area contributed by atoms with E-state index in [1.54, 1.807) is 35.1 Å².